The summed E-state index contributed by atoms with van der Waals surface area (Å²) < 4.78 is 2.26. The maximum atomic E-state index is 2.37. The third kappa shape index (κ3) is 3.24. The third-order valence-electron chi connectivity index (χ3n) is 4.52. The van der Waals surface area contributed by atoms with Gasteiger partial charge >= 0.3 is 0 Å². The summed E-state index contributed by atoms with van der Waals surface area (Å²) in [4.78, 5) is 0. The SMILES string of the molecule is Cc1ccc(C(C)(C)C)cc1-c1cc(C(C)C)c(C)c[n+]1C. The molecular weight excluding hydrogens is 266 g/mol. The summed E-state index contributed by atoms with van der Waals surface area (Å²) in [5.74, 6) is 0.547. The van der Waals surface area contributed by atoms with Crippen LogP contribution in [0.4, 0.5) is 0 Å². The van der Waals surface area contributed by atoms with Crippen molar-refractivity contribution >= 4 is 0 Å². The van der Waals surface area contributed by atoms with Crippen molar-refractivity contribution in [2.75, 3.05) is 0 Å². The fourth-order valence-corrected chi connectivity index (χ4v) is 3.05. The maximum absolute atomic E-state index is 2.37. The minimum absolute atomic E-state index is 0.173. The zero-order valence-electron chi connectivity index (χ0n) is 15.4. The summed E-state index contributed by atoms with van der Waals surface area (Å²) in [6.45, 7) is 15.8. The van der Waals surface area contributed by atoms with E-state index in [1.54, 1.807) is 0 Å². The van der Waals surface area contributed by atoms with Gasteiger partial charge in [-0.05, 0) is 47.9 Å². The summed E-state index contributed by atoms with van der Waals surface area (Å²) in [5.41, 5.74) is 8.35. The van der Waals surface area contributed by atoms with E-state index in [9.17, 15) is 0 Å². The molecule has 2 aromatic rings. The van der Waals surface area contributed by atoms with Gasteiger partial charge in [0.05, 0.1) is 0 Å². The molecule has 0 aliphatic heterocycles. The van der Waals surface area contributed by atoms with E-state index >= 15 is 0 Å². The Morgan fingerprint density at radius 1 is 0.955 bits per heavy atom. The molecule has 1 heterocycles. The van der Waals surface area contributed by atoms with E-state index in [0.717, 1.165) is 0 Å². The van der Waals surface area contributed by atoms with E-state index < -0.39 is 0 Å². The van der Waals surface area contributed by atoms with Crippen molar-refractivity contribution in [1.29, 1.82) is 0 Å². The molecule has 0 radical (unpaired) electrons. The van der Waals surface area contributed by atoms with Gasteiger partial charge in [0, 0.05) is 17.2 Å². The Morgan fingerprint density at radius 2 is 1.59 bits per heavy atom. The molecule has 1 heteroatoms. The molecule has 1 aromatic carbocycles. The number of pyridine rings is 1. The lowest BCUT2D eigenvalue weighted by molar-refractivity contribution is -0.660. The molecule has 0 aliphatic carbocycles. The predicted octanol–water partition coefficient (Wildman–Crippen LogP) is 5.22. The minimum Gasteiger partial charge on any atom is -0.201 e. The second-order valence-corrected chi connectivity index (χ2v) is 7.84. The van der Waals surface area contributed by atoms with Crippen LogP contribution in [0.3, 0.4) is 0 Å². The Balaban J connectivity index is 2.68. The number of hydrogen-bond acceptors (Lipinski definition) is 0. The van der Waals surface area contributed by atoms with Crippen LogP contribution in [-0.2, 0) is 12.5 Å². The molecule has 0 fully saturated rings. The molecule has 0 atom stereocenters. The van der Waals surface area contributed by atoms with E-state index in [-0.39, 0.29) is 5.41 Å². The summed E-state index contributed by atoms with van der Waals surface area (Å²) >= 11 is 0. The lowest BCUT2D eigenvalue weighted by Crippen LogP contribution is -2.32. The van der Waals surface area contributed by atoms with Crippen LogP contribution in [-0.4, -0.2) is 0 Å². The van der Waals surface area contributed by atoms with Crippen molar-refractivity contribution in [2.45, 2.75) is 59.8 Å². The first-order chi connectivity index (χ1) is 10.1. The molecule has 1 nitrogen and oxygen atoms in total. The summed E-state index contributed by atoms with van der Waals surface area (Å²) in [6, 6.07) is 9.25. The van der Waals surface area contributed by atoms with E-state index in [2.05, 4.69) is 90.5 Å². The van der Waals surface area contributed by atoms with E-state index in [0.29, 0.717) is 5.92 Å². The van der Waals surface area contributed by atoms with Crippen LogP contribution in [0.1, 0.15) is 62.8 Å². The quantitative estimate of drug-likeness (QED) is 0.669. The van der Waals surface area contributed by atoms with Crippen molar-refractivity contribution < 1.29 is 4.57 Å². The molecule has 1 aromatic heterocycles. The molecule has 0 saturated carbocycles. The van der Waals surface area contributed by atoms with Gasteiger partial charge in [0.1, 0.15) is 7.05 Å². The van der Waals surface area contributed by atoms with Gasteiger partial charge < -0.3 is 0 Å². The van der Waals surface area contributed by atoms with Gasteiger partial charge in [-0.25, -0.2) is 4.57 Å². The standard InChI is InChI=1S/C21H30N/c1-14(2)18-12-20(22(8)13-16(18)4)19-11-17(21(5,6)7)10-9-15(19)3/h9-14H,1-8H3/q+1. The Morgan fingerprint density at radius 3 is 2.14 bits per heavy atom. The maximum Gasteiger partial charge on any atom is 0.212 e. The summed E-state index contributed by atoms with van der Waals surface area (Å²) in [7, 11) is 2.15. The average Bonchev–Trinajstić information content (AvgIpc) is 2.38. The number of nitrogens with zero attached hydrogens (tertiary/aromatic N) is 1. The second-order valence-electron chi connectivity index (χ2n) is 7.84. The smallest absolute Gasteiger partial charge is 0.201 e. The molecular formula is C21H30N+. The van der Waals surface area contributed by atoms with Gasteiger partial charge in [0.25, 0.3) is 0 Å². The molecule has 0 amide bonds. The molecule has 0 saturated heterocycles. The number of hydrogen-bond donors (Lipinski definition) is 0. The Labute approximate surface area is 136 Å². The monoisotopic (exact) mass is 296 g/mol. The highest BCUT2D eigenvalue weighted by Crippen LogP contribution is 2.30. The van der Waals surface area contributed by atoms with Gasteiger partial charge in [-0.1, -0.05) is 46.8 Å². The van der Waals surface area contributed by atoms with Crippen LogP contribution in [0.5, 0.6) is 0 Å². The van der Waals surface area contributed by atoms with Crippen molar-refractivity contribution in [2.24, 2.45) is 7.05 Å². The molecule has 0 bridgehead atoms. The summed E-state index contributed by atoms with van der Waals surface area (Å²) in [6.07, 6.45) is 2.26. The van der Waals surface area contributed by atoms with E-state index in [1.807, 2.05) is 0 Å². The van der Waals surface area contributed by atoms with Crippen LogP contribution in [0.25, 0.3) is 11.3 Å². The highest BCUT2D eigenvalue weighted by Gasteiger charge is 2.20. The number of rotatable bonds is 2. The van der Waals surface area contributed by atoms with Crippen LogP contribution in [0.2, 0.25) is 0 Å². The normalized spacial score (nSPS) is 12.0. The van der Waals surface area contributed by atoms with Gasteiger partial charge in [0.2, 0.25) is 5.69 Å². The van der Waals surface area contributed by atoms with Crippen LogP contribution in [0, 0.1) is 13.8 Å². The van der Waals surface area contributed by atoms with Crippen molar-refractivity contribution in [3.63, 3.8) is 0 Å². The van der Waals surface area contributed by atoms with Crippen molar-refractivity contribution in [3.8, 4) is 11.3 Å². The first-order valence-electron chi connectivity index (χ1n) is 8.23. The van der Waals surface area contributed by atoms with Crippen LogP contribution >= 0.6 is 0 Å². The van der Waals surface area contributed by atoms with E-state index in [1.165, 1.54) is 33.5 Å². The number of benzene rings is 1. The summed E-state index contributed by atoms with van der Waals surface area (Å²) in [5, 5.41) is 0. The van der Waals surface area contributed by atoms with Crippen LogP contribution < -0.4 is 4.57 Å². The Kier molecular flexibility index (Phi) is 4.47. The zero-order chi connectivity index (χ0) is 16.7. The molecule has 0 N–H and O–H groups in total. The lowest BCUT2D eigenvalue weighted by Gasteiger charge is -2.20. The van der Waals surface area contributed by atoms with Gasteiger partial charge in [0.15, 0.2) is 6.20 Å². The van der Waals surface area contributed by atoms with Crippen LogP contribution in [0.15, 0.2) is 30.5 Å². The fourth-order valence-electron chi connectivity index (χ4n) is 3.05. The van der Waals surface area contributed by atoms with Crippen molar-refractivity contribution in [3.05, 3.63) is 52.7 Å². The highest BCUT2D eigenvalue weighted by molar-refractivity contribution is 5.63. The molecule has 0 spiro atoms. The topological polar surface area (TPSA) is 3.88 Å². The van der Waals surface area contributed by atoms with Gasteiger partial charge in [-0.3, -0.25) is 0 Å². The predicted molar refractivity (Wildman–Crippen MR) is 95.3 cm³/mol. The number of aryl methyl sites for hydroxylation is 3. The van der Waals surface area contributed by atoms with Crippen molar-refractivity contribution in [1.82, 2.24) is 0 Å². The first-order valence-corrected chi connectivity index (χ1v) is 8.23. The van der Waals surface area contributed by atoms with E-state index in [4.69, 9.17) is 0 Å². The fraction of sp³-hybridized carbons (Fsp3) is 0.476. The molecule has 0 aliphatic rings. The third-order valence-corrected chi connectivity index (χ3v) is 4.52. The Bertz CT molecular complexity index is 688. The average molecular weight is 296 g/mol. The zero-order valence-corrected chi connectivity index (χ0v) is 15.4. The Hall–Kier alpha value is -1.63. The molecule has 22 heavy (non-hydrogen) atoms. The molecule has 118 valence electrons. The number of aromatic nitrogens is 1. The molecule has 2 rings (SSSR count). The minimum atomic E-state index is 0.173. The van der Waals surface area contributed by atoms with Gasteiger partial charge in [-0.15, -0.1) is 0 Å². The first kappa shape index (κ1) is 16.7. The van der Waals surface area contributed by atoms with Gasteiger partial charge in [-0.2, -0.15) is 0 Å². The largest absolute Gasteiger partial charge is 0.212 e. The highest BCUT2D eigenvalue weighted by atomic mass is 14.9. The second kappa shape index (κ2) is 5.87. The molecule has 0 unspecified atom stereocenters. The lowest BCUT2D eigenvalue weighted by atomic mass is 9.84.